The number of oxime groups is 1. The summed E-state index contributed by atoms with van der Waals surface area (Å²) in [6.45, 7) is 7.61. The summed E-state index contributed by atoms with van der Waals surface area (Å²) in [7, 11) is 0. The van der Waals surface area contributed by atoms with Crippen molar-refractivity contribution in [2.45, 2.75) is 63.9 Å². The van der Waals surface area contributed by atoms with Crippen molar-refractivity contribution in [2.75, 3.05) is 6.61 Å². The van der Waals surface area contributed by atoms with Crippen molar-refractivity contribution < 1.29 is 28.9 Å². The molecule has 7 heteroatoms. The fourth-order valence-electron chi connectivity index (χ4n) is 2.66. The van der Waals surface area contributed by atoms with Gasteiger partial charge < -0.3 is 28.9 Å². The molecule has 7 nitrogen and oxygen atoms in total. The molecule has 0 aromatic rings. The Bertz CT molecular complexity index is 407. The highest BCUT2D eigenvalue weighted by atomic mass is 16.8. The summed E-state index contributed by atoms with van der Waals surface area (Å²) in [5.41, 5.74) is 0.391. The van der Waals surface area contributed by atoms with E-state index in [0.29, 0.717) is 12.3 Å². The molecular formula is C12H19NO6. The summed E-state index contributed by atoms with van der Waals surface area (Å²) in [6.07, 6.45) is -1.92. The molecule has 3 heterocycles. The standard InChI is InChI=1S/C12H19NO6/c1-11(2)15-5-6(17-11)8-7(13-14)9-10(16-8)19-12(3,4)18-9/h6,8-10,14H,5H2,1-4H3/t6-,8+,9-,10-/m1/s1. The summed E-state index contributed by atoms with van der Waals surface area (Å²) in [6, 6.07) is 0. The molecule has 0 saturated carbocycles. The first-order chi connectivity index (χ1) is 8.81. The van der Waals surface area contributed by atoms with Crippen LogP contribution in [0.25, 0.3) is 0 Å². The maximum Gasteiger partial charge on any atom is 0.193 e. The molecule has 0 bridgehead atoms. The van der Waals surface area contributed by atoms with E-state index >= 15 is 0 Å². The van der Waals surface area contributed by atoms with E-state index in [4.69, 9.17) is 23.7 Å². The monoisotopic (exact) mass is 273 g/mol. The van der Waals surface area contributed by atoms with Crippen molar-refractivity contribution >= 4 is 5.71 Å². The summed E-state index contributed by atoms with van der Waals surface area (Å²) in [5, 5.41) is 12.5. The molecule has 3 saturated heterocycles. The van der Waals surface area contributed by atoms with Gasteiger partial charge in [-0.15, -0.1) is 0 Å². The van der Waals surface area contributed by atoms with Gasteiger partial charge >= 0.3 is 0 Å². The molecule has 3 rings (SSSR count). The molecule has 0 aromatic carbocycles. The summed E-state index contributed by atoms with van der Waals surface area (Å²) in [5.74, 6) is -1.41. The lowest BCUT2D eigenvalue weighted by atomic mass is 10.1. The van der Waals surface area contributed by atoms with E-state index in [-0.39, 0.29) is 6.10 Å². The van der Waals surface area contributed by atoms with Gasteiger partial charge in [0.2, 0.25) is 0 Å². The highest BCUT2D eigenvalue weighted by Gasteiger charge is 2.56. The van der Waals surface area contributed by atoms with Gasteiger partial charge in [0.05, 0.1) is 6.61 Å². The predicted molar refractivity (Wildman–Crippen MR) is 62.8 cm³/mol. The van der Waals surface area contributed by atoms with Gasteiger partial charge in [-0.05, 0) is 27.7 Å². The first-order valence-corrected chi connectivity index (χ1v) is 6.36. The zero-order valence-electron chi connectivity index (χ0n) is 11.5. The Hall–Kier alpha value is -0.730. The predicted octanol–water partition coefficient (Wildman–Crippen LogP) is 0.844. The number of hydrogen-bond donors (Lipinski definition) is 1. The molecule has 0 aliphatic carbocycles. The van der Waals surface area contributed by atoms with Crippen LogP contribution in [0.3, 0.4) is 0 Å². The Kier molecular flexibility index (Phi) is 2.88. The van der Waals surface area contributed by atoms with Crippen LogP contribution in [-0.2, 0) is 23.7 Å². The van der Waals surface area contributed by atoms with Crippen LogP contribution in [-0.4, -0.2) is 53.7 Å². The number of rotatable bonds is 1. The van der Waals surface area contributed by atoms with Crippen molar-refractivity contribution in [1.82, 2.24) is 0 Å². The van der Waals surface area contributed by atoms with E-state index in [1.165, 1.54) is 0 Å². The second-order valence-electron chi connectivity index (χ2n) is 5.87. The van der Waals surface area contributed by atoms with Crippen LogP contribution in [0.4, 0.5) is 0 Å². The van der Waals surface area contributed by atoms with Gasteiger partial charge in [-0.3, -0.25) is 0 Å². The zero-order chi connectivity index (χ0) is 13.8. The lowest BCUT2D eigenvalue weighted by Gasteiger charge is -2.24. The van der Waals surface area contributed by atoms with Crippen molar-refractivity contribution in [3.8, 4) is 0 Å². The number of hydrogen-bond acceptors (Lipinski definition) is 7. The van der Waals surface area contributed by atoms with Crippen LogP contribution < -0.4 is 0 Å². The van der Waals surface area contributed by atoms with Crippen LogP contribution >= 0.6 is 0 Å². The number of ether oxygens (including phenoxy) is 5. The normalized spacial score (nSPS) is 45.8. The van der Waals surface area contributed by atoms with E-state index in [1.54, 1.807) is 13.8 Å². The van der Waals surface area contributed by atoms with E-state index in [9.17, 15) is 5.21 Å². The minimum Gasteiger partial charge on any atom is -0.411 e. The Morgan fingerprint density at radius 2 is 1.79 bits per heavy atom. The highest BCUT2D eigenvalue weighted by molar-refractivity contribution is 5.95. The third-order valence-electron chi connectivity index (χ3n) is 3.41. The van der Waals surface area contributed by atoms with Crippen LogP contribution in [0.5, 0.6) is 0 Å². The van der Waals surface area contributed by atoms with E-state index < -0.39 is 30.1 Å². The minimum atomic E-state index is -0.747. The SMILES string of the molecule is CC1(C)O[C@H]2O[C@@H]([C@H]3COC(C)(C)O3)C(=NO)[C@H]2O1. The van der Waals surface area contributed by atoms with Gasteiger partial charge in [-0.2, -0.15) is 0 Å². The Morgan fingerprint density at radius 3 is 2.37 bits per heavy atom. The molecule has 0 radical (unpaired) electrons. The summed E-state index contributed by atoms with van der Waals surface area (Å²) in [4.78, 5) is 0. The minimum absolute atomic E-state index is 0.332. The zero-order valence-corrected chi connectivity index (χ0v) is 11.5. The fourth-order valence-corrected chi connectivity index (χ4v) is 2.66. The summed E-state index contributed by atoms with van der Waals surface area (Å²) >= 11 is 0. The third-order valence-corrected chi connectivity index (χ3v) is 3.41. The molecule has 0 amide bonds. The quantitative estimate of drug-likeness (QED) is 0.563. The molecule has 4 atom stereocenters. The molecule has 3 fully saturated rings. The van der Waals surface area contributed by atoms with Crippen LogP contribution in [0, 0.1) is 0 Å². The molecule has 0 aromatic heterocycles. The van der Waals surface area contributed by atoms with Gasteiger partial charge in [0.25, 0.3) is 0 Å². The average Bonchev–Trinajstić information content (AvgIpc) is 2.87. The molecule has 0 spiro atoms. The molecule has 19 heavy (non-hydrogen) atoms. The summed E-state index contributed by atoms with van der Waals surface area (Å²) < 4.78 is 28.3. The molecule has 3 aliphatic rings. The molecule has 1 N–H and O–H groups in total. The van der Waals surface area contributed by atoms with Crippen molar-refractivity contribution in [2.24, 2.45) is 5.16 Å². The maximum absolute atomic E-state index is 9.22. The molecule has 108 valence electrons. The number of fused-ring (bicyclic) bond motifs is 1. The first-order valence-electron chi connectivity index (χ1n) is 6.36. The van der Waals surface area contributed by atoms with Gasteiger partial charge in [0.1, 0.15) is 17.9 Å². The average molecular weight is 273 g/mol. The Balaban J connectivity index is 1.76. The van der Waals surface area contributed by atoms with Gasteiger partial charge in [-0.25, -0.2) is 0 Å². The maximum atomic E-state index is 9.22. The van der Waals surface area contributed by atoms with Crippen molar-refractivity contribution in [3.05, 3.63) is 0 Å². The van der Waals surface area contributed by atoms with Crippen molar-refractivity contribution in [3.63, 3.8) is 0 Å². The van der Waals surface area contributed by atoms with E-state index in [2.05, 4.69) is 5.16 Å². The van der Waals surface area contributed by atoms with Gasteiger partial charge in [0.15, 0.2) is 24.0 Å². The topological polar surface area (TPSA) is 78.7 Å². The molecule has 3 aliphatic heterocycles. The lowest BCUT2D eigenvalue weighted by Crippen LogP contribution is -2.39. The third kappa shape index (κ3) is 2.25. The largest absolute Gasteiger partial charge is 0.411 e. The Labute approximate surface area is 111 Å². The molecule has 0 unspecified atom stereocenters. The fraction of sp³-hybridized carbons (Fsp3) is 0.917. The van der Waals surface area contributed by atoms with Gasteiger partial charge in [-0.1, -0.05) is 5.16 Å². The first kappa shape index (κ1) is 13.3. The smallest absolute Gasteiger partial charge is 0.193 e. The van der Waals surface area contributed by atoms with E-state index in [1.807, 2.05) is 13.8 Å². The molecular weight excluding hydrogens is 254 g/mol. The second kappa shape index (κ2) is 4.13. The van der Waals surface area contributed by atoms with Crippen LogP contribution in [0.1, 0.15) is 27.7 Å². The second-order valence-corrected chi connectivity index (χ2v) is 5.87. The number of nitrogens with zero attached hydrogens (tertiary/aromatic N) is 1. The van der Waals surface area contributed by atoms with Crippen LogP contribution in [0.2, 0.25) is 0 Å². The van der Waals surface area contributed by atoms with Crippen molar-refractivity contribution in [1.29, 1.82) is 0 Å². The van der Waals surface area contributed by atoms with Crippen LogP contribution in [0.15, 0.2) is 5.16 Å². The highest BCUT2D eigenvalue weighted by Crippen LogP contribution is 2.39. The van der Waals surface area contributed by atoms with E-state index in [0.717, 1.165) is 0 Å². The Morgan fingerprint density at radius 1 is 1.05 bits per heavy atom. The lowest BCUT2D eigenvalue weighted by molar-refractivity contribution is -0.211. The van der Waals surface area contributed by atoms with Gasteiger partial charge in [0, 0.05) is 0 Å².